The highest BCUT2D eigenvalue weighted by molar-refractivity contribution is 9.10. The first-order chi connectivity index (χ1) is 10.0. The Labute approximate surface area is 137 Å². The molecule has 0 aliphatic rings. The van der Waals surface area contributed by atoms with Crippen molar-refractivity contribution in [2.45, 2.75) is 0 Å². The highest BCUT2D eigenvalue weighted by atomic mass is 79.9. The smallest absolute Gasteiger partial charge is 0.262 e. The zero-order valence-corrected chi connectivity index (χ0v) is 13.6. The molecule has 3 rings (SSSR count). The Bertz CT molecular complexity index is 858. The van der Waals surface area contributed by atoms with Gasteiger partial charge < -0.3 is 10.1 Å². The third-order valence-corrected chi connectivity index (χ3v) is 4.65. The molecule has 3 aromatic rings. The summed E-state index contributed by atoms with van der Waals surface area (Å²) in [4.78, 5) is 19.6. The van der Waals surface area contributed by atoms with Crippen LogP contribution in [0, 0.1) is 0 Å². The van der Waals surface area contributed by atoms with Crippen LogP contribution in [0.5, 0.6) is 5.88 Å². The zero-order chi connectivity index (χ0) is 15.0. The van der Waals surface area contributed by atoms with E-state index in [9.17, 15) is 9.90 Å². The first-order valence-electron chi connectivity index (χ1n) is 5.88. The standard InChI is InChI=1S/C14H8BrClN2O2S/c15-8-3-1-7(2-4-8)11-13(19)17-12(18-14(11)20)10-5-9(16)6-21-10/h1-6H,(H2,17,18,19,20). The number of aromatic hydroxyl groups is 1. The van der Waals surface area contributed by atoms with Gasteiger partial charge in [-0.15, -0.1) is 11.3 Å². The van der Waals surface area contributed by atoms with Gasteiger partial charge in [-0.2, -0.15) is 4.98 Å². The van der Waals surface area contributed by atoms with Crippen LogP contribution in [0.4, 0.5) is 0 Å². The predicted molar refractivity (Wildman–Crippen MR) is 88.0 cm³/mol. The van der Waals surface area contributed by atoms with Crippen LogP contribution < -0.4 is 5.56 Å². The quantitative estimate of drug-likeness (QED) is 0.694. The molecule has 106 valence electrons. The van der Waals surface area contributed by atoms with E-state index in [-0.39, 0.29) is 11.4 Å². The second kappa shape index (κ2) is 5.63. The van der Waals surface area contributed by atoms with Crippen molar-refractivity contribution in [3.05, 3.63) is 55.6 Å². The first kappa shape index (κ1) is 14.3. The molecule has 0 fully saturated rings. The molecule has 4 nitrogen and oxygen atoms in total. The minimum Gasteiger partial charge on any atom is -0.493 e. The van der Waals surface area contributed by atoms with Crippen LogP contribution in [0.1, 0.15) is 0 Å². The van der Waals surface area contributed by atoms with Crippen molar-refractivity contribution in [3.8, 4) is 27.7 Å². The van der Waals surface area contributed by atoms with Crippen molar-refractivity contribution >= 4 is 38.9 Å². The van der Waals surface area contributed by atoms with E-state index in [0.29, 0.717) is 21.3 Å². The van der Waals surface area contributed by atoms with Crippen LogP contribution in [0.2, 0.25) is 5.02 Å². The van der Waals surface area contributed by atoms with Gasteiger partial charge in [0.25, 0.3) is 5.56 Å². The summed E-state index contributed by atoms with van der Waals surface area (Å²) in [5.41, 5.74) is 0.346. The fourth-order valence-electron chi connectivity index (χ4n) is 1.89. The molecule has 21 heavy (non-hydrogen) atoms. The number of rotatable bonds is 2. The lowest BCUT2D eigenvalue weighted by Gasteiger charge is -2.05. The fourth-order valence-corrected chi connectivity index (χ4v) is 3.17. The number of hydrogen-bond donors (Lipinski definition) is 2. The second-order valence-electron chi connectivity index (χ2n) is 4.25. The minimum atomic E-state index is -0.399. The Kier molecular flexibility index (Phi) is 3.84. The number of hydrogen-bond acceptors (Lipinski definition) is 4. The summed E-state index contributed by atoms with van der Waals surface area (Å²) in [5.74, 6) is -0.00384. The topological polar surface area (TPSA) is 66.0 Å². The van der Waals surface area contributed by atoms with Gasteiger partial charge in [0.1, 0.15) is 5.56 Å². The summed E-state index contributed by atoms with van der Waals surface area (Å²) in [6.07, 6.45) is 0. The van der Waals surface area contributed by atoms with Crippen molar-refractivity contribution in [3.63, 3.8) is 0 Å². The lowest BCUT2D eigenvalue weighted by atomic mass is 10.1. The number of benzene rings is 1. The SMILES string of the molecule is O=c1[nH]c(-c2cc(Cl)cs2)nc(O)c1-c1ccc(Br)cc1. The Morgan fingerprint density at radius 2 is 2.00 bits per heavy atom. The van der Waals surface area contributed by atoms with Gasteiger partial charge >= 0.3 is 0 Å². The molecular formula is C14H8BrClN2O2S. The van der Waals surface area contributed by atoms with Crippen LogP contribution in [-0.2, 0) is 0 Å². The molecule has 2 aromatic heterocycles. The Balaban J connectivity index is 2.12. The third-order valence-electron chi connectivity index (χ3n) is 2.83. The van der Waals surface area contributed by atoms with E-state index >= 15 is 0 Å². The molecule has 0 atom stereocenters. The molecule has 0 bridgehead atoms. The van der Waals surface area contributed by atoms with Crippen molar-refractivity contribution < 1.29 is 5.11 Å². The van der Waals surface area contributed by atoms with Crippen LogP contribution in [0.15, 0.2) is 45.0 Å². The highest BCUT2D eigenvalue weighted by Crippen LogP contribution is 2.30. The summed E-state index contributed by atoms with van der Waals surface area (Å²) >= 11 is 10.5. The maximum atomic E-state index is 12.2. The summed E-state index contributed by atoms with van der Waals surface area (Å²) in [6.45, 7) is 0. The minimum absolute atomic E-state index is 0.147. The molecule has 0 saturated heterocycles. The molecule has 2 heterocycles. The summed E-state index contributed by atoms with van der Waals surface area (Å²) in [5, 5.41) is 12.4. The lowest BCUT2D eigenvalue weighted by molar-refractivity contribution is 0.454. The number of H-pyrrole nitrogens is 1. The fraction of sp³-hybridized carbons (Fsp3) is 0. The highest BCUT2D eigenvalue weighted by Gasteiger charge is 2.14. The first-order valence-corrected chi connectivity index (χ1v) is 7.93. The average Bonchev–Trinajstić information content (AvgIpc) is 2.87. The number of nitrogens with one attached hydrogen (secondary N) is 1. The number of halogens is 2. The molecule has 0 unspecified atom stereocenters. The molecule has 0 saturated carbocycles. The van der Waals surface area contributed by atoms with Gasteiger partial charge in [-0.1, -0.05) is 39.7 Å². The van der Waals surface area contributed by atoms with Crippen molar-refractivity contribution in [1.29, 1.82) is 0 Å². The summed E-state index contributed by atoms with van der Waals surface area (Å²) in [6, 6.07) is 8.74. The van der Waals surface area contributed by atoms with Gasteiger partial charge in [-0.25, -0.2) is 0 Å². The zero-order valence-electron chi connectivity index (χ0n) is 10.4. The van der Waals surface area contributed by atoms with Gasteiger partial charge in [-0.05, 0) is 23.8 Å². The van der Waals surface area contributed by atoms with Crippen LogP contribution >= 0.6 is 38.9 Å². The number of aromatic nitrogens is 2. The van der Waals surface area contributed by atoms with E-state index in [1.165, 1.54) is 11.3 Å². The van der Waals surface area contributed by atoms with Gasteiger partial charge in [0.2, 0.25) is 5.88 Å². The van der Waals surface area contributed by atoms with Crippen LogP contribution in [0.3, 0.4) is 0 Å². The number of thiophene rings is 1. The van der Waals surface area contributed by atoms with Crippen molar-refractivity contribution in [1.82, 2.24) is 9.97 Å². The molecule has 1 aromatic carbocycles. The Morgan fingerprint density at radius 1 is 1.29 bits per heavy atom. The number of aromatic amines is 1. The van der Waals surface area contributed by atoms with Gasteiger partial charge in [0, 0.05) is 9.85 Å². The monoisotopic (exact) mass is 382 g/mol. The van der Waals surface area contributed by atoms with Crippen LogP contribution in [-0.4, -0.2) is 15.1 Å². The molecule has 0 amide bonds. The third kappa shape index (κ3) is 2.88. The van der Waals surface area contributed by atoms with E-state index in [4.69, 9.17) is 11.6 Å². The Hall–Kier alpha value is -1.63. The normalized spacial score (nSPS) is 10.8. The summed E-state index contributed by atoms with van der Waals surface area (Å²) < 4.78 is 0.889. The lowest BCUT2D eigenvalue weighted by Crippen LogP contribution is -2.11. The Morgan fingerprint density at radius 3 is 2.57 bits per heavy atom. The van der Waals surface area contributed by atoms with E-state index in [2.05, 4.69) is 25.9 Å². The van der Waals surface area contributed by atoms with E-state index < -0.39 is 5.56 Å². The number of nitrogens with zero attached hydrogens (tertiary/aromatic N) is 1. The molecule has 0 spiro atoms. The molecule has 0 aliphatic heterocycles. The molecule has 0 radical (unpaired) electrons. The summed E-state index contributed by atoms with van der Waals surface area (Å²) in [7, 11) is 0. The molecule has 2 N–H and O–H groups in total. The van der Waals surface area contributed by atoms with E-state index in [0.717, 1.165) is 4.47 Å². The predicted octanol–water partition coefficient (Wildman–Crippen LogP) is 4.29. The molecular weight excluding hydrogens is 376 g/mol. The van der Waals surface area contributed by atoms with Gasteiger partial charge in [-0.3, -0.25) is 4.79 Å². The second-order valence-corrected chi connectivity index (χ2v) is 6.51. The van der Waals surface area contributed by atoms with E-state index in [1.54, 1.807) is 35.7 Å². The maximum Gasteiger partial charge on any atom is 0.262 e. The molecule has 0 aliphatic carbocycles. The van der Waals surface area contributed by atoms with Gasteiger partial charge in [0.05, 0.1) is 9.90 Å². The molecule has 7 heteroatoms. The van der Waals surface area contributed by atoms with Crippen LogP contribution in [0.25, 0.3) is 21.8 Å². The van der Waals surface area contributed by atoms with Crippen molar-refractivity contribution in [2.24, 2.45) is 0 Å². The largest absolute Gasteiger partial charge is 0.493 e. The van der Waals surface area contributed by atoms with E-state index in [1.807, 2.05) is 0 Å². The van der Waals surface area contributed by atoms with Crippen molar-refractivity contribution in [2.75, 3.05) is 0 Å². The van der Waals surface area contributed by atoms with Gasteiger partial charge in [0.15, 0.2) is 5.82 Å². The average molecular weight is 384 g/mol. The maximum absolute atomic E-state index is 12.2.